The molecule has 22 heteroatoms. The van der Waals surface area contributed by atoms with E-state index in [0.29, 0.717) is 70.5 Å². The molecule has 5 N–H and O–H groups in total. The van der Waals surface area contributed by atoms with Crippen LogP contribution in [0.4, 0.5) is 26.3 Å². The van der Waals surface area contributed by atoms with Crippen LogP contribution >= 0.6 is 0 Å². The van der Waals surface area contributed by atoms with Crippen molar-refractivity contribution in [3.63, 3.8) is 0 Å². The molecule has 0 unspecified atom stereocenters. The number of carbonyl (C=O) groups is 6. The number of amides is 3. The first-order chi connectivity index (χ1) is 34.2. The second-order valence-electron chi connectivity index (χ2n) is 17.8. The van der Waals surface area contributed by atoms with Crippen molar-refractivity contribution in [3.05, 3.63) is 142 Å². The third-order valence-corrected chi connectivity index (χ3v) is 12.8. The maximum atomic E-state index is 13.0. The predicted molar refractivity (Wildman–Crippen MR) is 244 cm³/mol. The summed E-state index contributed by atoms with van der Waals surface area (Å²) < 4.78 is 79.8. The second-order valence-corrected chi connectivity index (χ2v) is 17.8. The first-order valence-electron chi connectivity index (χ1n) is 23.0. The van der Waals surface area contributed by atoms with E-state index < -0.39 is 53.2 Å². The lowest BCUT2D eigenvalue weighted by molar-refractivity contribution is -0.172. The van der Waals surface area contributed by atoms with Gasteiger partial charge in [-0.1, -0.05) is 36.4 Å². The molecule has 0 atom stereocenters. The Morgan fingerprint density at radius 3 is 1.47 bits per heavy atom. The fourth-order valence-corrected chi connectivity index (χ4v) is 8.80. The molecule has 16 nitrogen and oxygen atoms in total. The summed E-state index contributed by atoms with van der Waals surface area (Å²) in [6.07, 6.45) is 3.24. The van der Waals surface area contributed by atoms with Crippen LogP contribution in [0, 0.1) is 11.8 Å². The number of halogens is 6. The van der Waals surface area contributed by atoms with Gasteiger partial charge in [0.2, 0.25) is 0 Å². The molecule has 72 heavy (non-hydrogen) atoms. The lowest BCUT2D eigenvalue weighted by Gasteiger charge is -2.26. The van der Waals surface area contributed by atoms with Crippen LogP contribution in [0.2, 0.25) is 0 Å². The number of carboxylic acid groups (broad SMARTS) is 2. The van der Waals surface area contributed by atoms with Gasteiger partial charge < -0.3 is 26.1 Å². The van der Waals surface area contributed by atoms with Crippen molar-refractivity contribution in [2.24, 2.45) is 17.6 Å². The van der Waals surface area contributed by atoms with Crippen molar-refractivity contribution < 1.29 is 70.2 Å². The molecule has 0 spiro atoms. The van der Waals surface area contributed by atoms with Crippen molar-refractivity contribution >= 4 is 46.7 Å². The monoisotopic (exact) mass is 1010 g/mol. The minimum Gasteiger partial charge on any atom is -0.481 e. The summed E-state index contributed by atoms with van der Waals surface area (Å²) in [7, 11) is 0. The van der Waals surface area contributed by atoms with Crippen molar-refractivity contribution in [1.82, 2.24) is 29.6 Å². The van der Waals surface area contributed by atoms with Crippen LogP contribution in [0.5, 0.6) is 0 Å². The summed E-state index contributed by atoms with van der Waals surface area (Å²) in [5.74, 6) is -4.37. The molecule has 2 aromatic carbocycles. The number of hydrogen-bond donors (Lipinski definition) is 4. The Labute approximate surface area is 406 Å². The first kappa shape index (κ1) is 52.2. The predicted octanol–water partition coefficient (Wildman–Crippen LogP) is 8.07. The third kappa shape index (κ3) is 12.8. The van der Waals surface area contributed by atoms with Crippen LogP contribution in [-0.4, -0.2) is 82.2 Å². The summed E-state index contributed by atoms with van der Waals surface area (Å²) >= 11 is 0. The Kier molecular flexibility index (Phi) is 16.1. The maximum absolute atomic E-state index is 13.0. The zero-order valence-electron chi connectivity index (χ0n) is 38.4. The molecule has 1 saturated heterocycles. The van der Waals surface area contributed by atoms with Gasteiger partial charge in [0.05, 0.1) is 52.0 Å². The molecule has 6 aromatic rings. The van der Waals surface area contributed by atoms with Crippen LogP contribution in [0.25, 0.3) is 11.0 Å². The summed E-state index contributed by atoms with van der Waals surface area (Å²) in [5.41, 5.74) is 8.20. The number of carbonyl (C=O) groups excluding carboxylic acids is 4. The average Bonchev–Trinajstić information content (AvgIpc) is 4.07. The number of aromatic nitrogens is 4. The van der Waals surface area contributed by atoms with E-state index in [4.69, 9.17) is 20.8 Å². The quantitative estimate of drug-likeness (QED) is 0.0755. The van der Waals surface area contributed by atoms with E-state index in [9.17, 15) is 55.1 Å². The van der Waals surface area contributed by atoms with Gasteiger partial charge in [0.25, 0.3) is 17.7 Å². The Bertz CT molecular complexity index is 2920. The molecule has 2 saturated carbocycles. The van der Waals surface area contributed by atoms with Crippen LogP contribution in [0.15, 0.2) is 97.6 Å². The van der Waals surface area contributed by atoms with Gasteiger partial charge in [-0.25, -0.2) is 13.8 Å². The zero-order chi connectivity index (χ0) is 51.9. The number of benzene rings is 2. The molecule has 4 aromatic heterocycles. The summed E-state index contributed by atoms with van der Waals surface area (Å²) in [5, 5.41) is 29.5. The van der Waals surface area contributed by atoms with Crippen molar-refractivity contribution in [3.8, 4) is 0 Å². The van der Waals surface area contributed by atoms with E-state index in [1.54, 1.807) is 35.1 Å². The van der Waals surface area contributed by atoms with Crippen LogP contribution in [0.1, 0.15) is 118 Å². The average molecular weight is 1010 g/mol. The van der Waals surface area contributed by atoms with Gasteiger partial charge in [-0.15, -0.1) is 5.06 Å². The standard InChI is InChI=1S/C23H22F3N3O3.C20H14F3N3O4.C7H13NO2/c24-23(25,26)17-7-3-14(4-8-17)12-16-2-1-11-29-20(16)19(13-27-29)21(30)28-18-9-5-15(6-10-18)22(31)32;21-20(22,23)14-5-3-12(4-6-14)10-13-2-1-9-25-18(13)15(11-24-25)19(29)30-26-16(27)7-8-17(26)28;8-6-3-1-5(2-4-6)7(9)10/h1-4,7-8,11,13,15,18H,5-6,9-10,12H2,(H,28,30)(H,31,32);1-6,9,11H,7-8,10H2;5-6H,1-4,8H2,(H,9,10). The molecule has 2 aliphatic carbocycles. The van der Waals surface area contributed by atoms with E-state index in [1.165, 1.54) is 41.2 Å². The lowest BCUT2D eigenvalue weighted by atomic mass is 9.86. The molecule has 9 rings (SSSR count). The molecule has 1 aliphatic heterocycles. The Morgan fingerprint density at radius 1 is 0.625 bits per heavy atom. The highest BCUT2D eigenvalue weighted by Crippen LogP contribution is 2.32. The fraction of sp³-hybridized carbons (Fsp3) is 0.360. The Morgan fingerprint density at radius 2 is 1.04 bits per heavy atom. The maximum Gasteiger partial charge on any atom is 0.416 e. The molecular weight excluding hydrogens is 957 g/mol. The number of hydroxylamine groups is 2. The third-order valence-electron chi connectivity index (χ3n) is 12.8. The van der Waals surface area contributed by atoms with E-state index in [0.717, 1.165) is 55.5 Å². The largest absolute Gasteiger partial charge is 0.481 e. The van der Waals surface area contributed by atoms with E-state index in [1.807, 2.05) is 6.07 Å². The van der Waals surface area contributed by atoms with Crippen molar-refractivity contribution in [2.45, 2.75) is 101 Å². The summed E-state index contributed by atoms with van der Waals surface area (Å²) in [6, 6.07) is 16.8. The van der Waals surface area contributed by atoms with Crippen molar-refractivity contribution in [1.29, 1.82) is 0 Å². The van der Waals surface area contributed by atoms with Crippen LogP contribution in [-0.2, 0) is 49.2 Å². The highest BCUT2D eigenvalue weighted by Gasteiger charge is 2.35. The number of imide groups is 1. The number of rotatable bonds is 10. The van der Waals surface area contributed by atoms with Gasteiger partial charge in [0.1, 0.15) is 5.56 Å². The highest BCUT2D eigenvalue weighted by molar-refractivity contribution is 6.04. The van der Waals surface area contributed by atoms with E-state index >= 15 is 0 Å². The van der Waals surface area contributed by atoms with Crippen molar-refractivity contribution in [2.75, 3.05) is 0 Å². The number of pyridine rings is 2. The van der Waals surface area contributed by atoms with Gasteiger partial charge >= 0.3 is 30.3 Å². The Balaban J connectivity index is 0.000000178. The molecule has 5 heterocycles. The van der Waals surface area contributed by atoms with Gasteiger partial charge in [0, 0.05) is 37.3 Å². The molecular formula is C50H49F6N7O9. The summed E-state index contributed by atoms with van der Waals surface area (Å²) in [6.45, 7) is 0. The van der Waals surface area contributed by atoms with Gasteiger partial charge in [-0.3, -0.25) is 24.0 Å². The molecule has 380 valence electrons. The SMILES string of the molecule is NC1CCC(C(=O)O)CC1.O=C(NC1CCC(C(=O)O)CC1)c1cnn2cccc(Cc3ccc(C(F)(F)F)cc3)c12.O=C(ON1C(=O)CCC1=O)c1cnn2cccc(Cc3ccc(C(F)(F)F)cc3)c12. The van der Waals surface area contributed by atoms with Gasteiger partial charge in [-0.05, 0) is 123 Å². The molecule has 3 fully saturated rings. The number of fused-ring (bicyclic) bond motifs is 2. The van der Waals surface area contributed by atoms with Gasteiger partial charge in [-0.2, -0.15) is 36.5 Å². The zero-order valence-corrected chi connectivity index (χ0v) is 38.4. The first-order valence-corrected chi connectivity index (χ1v) is 23.0. The Hall–Kier alpha value is -7.62. The van der Waals surface area contributed by atoms with E-state index in [-0.39, 0.29) is 54.7 Å². The van der Waals surface area contributed by atoms with E-state index in [2.05, 4.69) is 15.5 Å². The lowest BCUT2D eigenvalue weighted by Crippen LogP contribution is -2.38. The minimum absolute atomic E-state index is 0.0277. The van der Waals surface area contributed by atoms with Crippen LogP contribution in [0.3, 0.4) is 0 Å². The highest BCUT2D eigenvalue weighted by atomic mass is 19.4. The minimum atomic E-state index is -4.43. The molecule has 3 aliphatic rings. The molecule has 0 bridgehead atoms. The number of alkyl halides is 6. The topological polar surface area (TPSA) is 228 Å². The van der Waals surface area contributed by atoms with Gasteiger partial charge in [0.15, 0.2) is 0 Å². The molecule has 3 amide bonds. The number of carboxylic acids is 2. The fourth-order valence-electron chi connectivity index (χ4n) is 8.80. The number of nitrogens with two attached hydrogens (primary N) is 1. The number of aliphatic carboxylic acids is 2. The van der Waals surface area contributed by atoms with Crippen LogP contribution < -0.4 is 11.1 Å². The number of nitrogens with one attached hydrogen (secondary N) is 1. The number of hydrogen-bond acceptors (Lipinski definition) is 10. The normalized spacial score (nSPS) is 19.2. The smallest absolute Gasteiger partial charge is 0.416 e. The number of nitrogens with zero attached hydrogens (tertiary/aromatic N) is 5. The second kappa shape index (κ2) is 22.2. The summed E-state index contributed by atoms with van der Waals surface area (Å²) in [4.78, 5) is 75.4. The molecule has 0 radical (unpaired) electrons.